The average molecular weight is 1620 g/mol. The quantitative estimate of drug-likeness (QED) is 0.0138. The second kappa shape index (κ2) is 58.0. The van der Waals surface area contributed by atoms with Crippen molar-refractivity contribution in [2.24, 2.45) is 9.98 Å². The summed E-state index contributed by atoms with van der Waals surface area (Å²) in [5.41, 5.74) is 10.9. The van der Waals surface area contributed by atoms with Crippen LogP contribution in [0.1, 0.15) is 147 Å². The molecule has 5 N–H and O–H groups in total. The Bertz CT molecular complexity index is 4760. The van der Waals surface area contributed by atoms with E-state index < -0.39 is 23.9 Å². The Morgan fingerprint density at radius 2 is 0.731 bits per heavy atom. The molecule has 0 saturated heterocycles. The van der Waals surface area contributed by atoms with Crippen LogP contribution in [0, 0.1) is 0 Å². The van der Waals surface area contributed by atoms with Gasteiger partial charge in [-0.3, -0.25) is 19.2 Å². The normalized spacial score (nSPS) is 12.3. The van der Waals surface area contributed by atoms with E-state index in [1.54, 1.807) is 72.8 Å². The Balaban J connectivity index is 0.000000370. The molecule has 614 valence electrons. The van der Waals surface area contributed by atoms with E-state index in [1.807, 2.05) is 265 Å². The van der Waals surface area contributed by atoms with Gasteiger partial charge < -0.3 is 55.0 Å². The van der Waals surface area contributed by atoms with Gasteiger partial charge in [-0.05, 0) is 125 Å². The number of amides is 3. The van der Waals surface area contributed by atoms with E-state index in [0.717, 1.165) is 83.4 Å². The molecule has 12 rings (SSSR count). The number of ketones is 1. The number of aliphatic hydroxyl groups is 2. The fourth-order valence-corrected chi connectivity index (χ4v) is 11.4. The molecule has 23 heteroatoms. The first kappa shape index (κ1) is 100. The molecule has 119 heavy (non-hydrogen) atoms. The van der Waals surface area contributed by atoms with Crippen LogP contribution in [0.4, 0.5) is 0 Å². The molecule has 0 unspecified atom stereocenters. The van der Waals surface area contributed by atoms with E-state index >= 15 is 0 Å². The van der Waals surface area contributed by atoms with Gasteiger partial charge in [0.15, 0.2) is 11.5 Å². The van der Waals surface area contributed by atoms with Gasteiger partial charge in [0.05, 0.1) is 21.3 Å². The minimum atomic E-state index is -0.722. The zero-order valence-electron chi connectivity index (χ0n) is 69.2. The summed E-state index contributed by atoms with van der Waals surface area (Å²) in [7, 11) is 6.69. The van der Waals surface area contributed by atoms with Crippen LogP contribution in [0.5, 0.6) is 0 Å². The van der Waals surface area contributed by atoms with Gasteiger partial charge in [-0.1, -0.05) is 277 Å². The first-order valence-corrected chi connectivity index (χ1v) is 37.8. The fourth-order valence-electron chi connectivity index (χ4n) is 11.4. The molecule has 0 saturated carbocycles. The molecule has 22 nitrogen and oxygen atoms in total. The second-order valence-corrected chi connectivity index (χ2v) is 24.4. The maximum absolute atomic E-state index is 12.4. The topological polar surface area (TPSA) is 324 Å². The Morgan fingerprint density at radius 1 is 0.403 bits per heavy atom. The van der Waals surface area contributed by atoms with Gasteiger partial charge in [0.2, 0.25) is 11.8 Å². The summed E-state index contributed by atoms with van der Waals surface area (Å²) in [4.78, 5) is 116. The molecule has 2 atom stereocenters. The molecule has 0 fully saturated rings. The van der Waals surface area contributed by atoms with Crippen molar-refractivity contribution in [3.63, 3.8) is 0 Å². The van der Waals surface area contributed by atoms with Crippen molar-refractivity contribution < 1.29 is 112 Å². The number of aliphatic hydroxyl groups excluding tert-OH is 2. The minimum Gasteiger partial charge on any atom is -0.857 e. The van der Waals surface area contributed by atoms with Crippen molar-refractivity contribution >= 4 is 81.9 Å². The molecule has 2 aliphatic rings. The zero-order valence-corrected chi connectivity index (χ0v) is 71.2. The summed E-state index contributed by atoms with van der Waals surface area (Å²) in [6.45, 7) is 9.88. The van der Waals surface area contributed by atoms with Crippen LogP contribution in [0.25, 0.3) is 16.7 Å². The second-order valence-electron chi connectivity index (χ2n) is 24.4. The molecule has 0 spiro atoms. The summed E-state index contributed by atoms with van der Waals surface area (Å²) < 4.78 is 24.8. The number of hydrogen-bond donors (Lipinski definition) is 5. The number of carbonyl (C=O) groups is 9. The number of methoxy groups -OCH3 is 3. The number of rotatable bonds is 22. The standard InChI is InChI=1S/C19H21NO3.2C19H19NO3.C18H15NO2.C9H7NO2.C9H10O.2CH4O.CH3O.Na/c3*1-3-16(14-10-6-4-7-11-14)17(19(22)23-2)20-18(21)15-12-8-5-9-13-15;1-2-15(13-9-5-3-6-10-13)16-18(20)21-17(19-16)14-11-7-4-8-12-14;11-8-6-10-9(12-8)7-4-2-1-3-5-7;1-2-9(10)8-6-4-3-5-7-8;3*1-2;/h4-13,16-17H,3H2,1-2H3,(H,20,21);2*4-13H,3H2,1-2H3,(H,20,21);3-12H,2H2,1H3;1-5H,6H2;3-7H,2H2,1H3;2*2H,1H3;1H3;/q;;;;;;;;-1;+1/b;2*17-16-;16-15-;;;;;;/t16-,17+;;;;;;;;;/m1........./s1. The number of allylic oxidation sites excluding steroid dienone is 3. The van der Waals surface area contributed by atoms with E-state index in [9.17, 15) is 43.2 Å². The Kier molecular flexibility index (Phi) is 48.9. The maximum atomic E-state index is 12.4. The predicted molar refractivity (Wildman–Crippen MR) is 458 cm³/mol. The summed E-state index contributed by atoms with van der Waals surface area (Å²) in [5.74, 6) is -2.32. The van der Waals surface area contributed by atoms with Gasteiger partial charge in [0.25, 0.3) is 17.7 Å². The third-order valence-corrected chi connectivity index (χ3v) is 17.1. The van der Waals surface area contributed by atoms with Gasteiger partial charge in [0, 0.05) is 59.9 Å². The molecular formula is C96H102N5NaO17. The Labute approximate surface area is 718 Å². The van der Waals surface area contributed by atoms with Crippen LogP contribution < -0.4 is 50.6 Å². The molecule has 2 heterocycles. The number of ether oxygens (including phenoxy) is 5. The molecule has 0 aromatic heterocycles. The number of hydrogen-bond acceptors (Lipinski definition) is 19. The van der Waals surface area contributed by atoms with Gasteiger partial charge in [0.1, 0.15) is 24.0 Å². The summed E-state index contributed by atoms with van der Waals surface area (Å²) in [6.07, 6.45) is 3.19. The van der Waals surface area contributed by atoms with E-state index in [-0.39, 0.29) is 88.9 Å². The van der Waals surface area contributed by atoms with Crippen molar-refractivity contribution in [2.45, 2.75) is 78.7 Å². The summed E-state index contributed by atoms with van der Waals surface area (Å²) in [5, 5.41) is 30.5. The van der Waals surface area contributed by atoms with E-state index in [4.69, 9.17) is 39.0 Å². The smallest absolute Gasteiger partial charge is 0.857 e. The van der Waals surface area contributed by atoms with Crippen molar-refractivity contribution in [1.82, 2.24) is 16.0 Å². The van der Waals surface area contributed by atoms with Gasteiger partial charge in [-0.2, -0.15) is 7.11 Å². The molecule has 3 amide bonds. The molecule has 0 bridgehead atoms. The summed E-state index contributed by atoms with van der Waals surface area (Å²) >= 11 is 0. The zero-order chi connectivity index (χ0) is 86.4. The van der Waals surface area contributed by atoms with E-state index in [0.29, 0.717) is 59.9 Å². The fraction of sp³-hybridized carbons (Fsp3) is 0.198. The molecule has 2 aliphatic heterocycles. The summed E-state index contributed by atoms with van der Waals surface area (Å²) in [6, 6.07) is 92.3. The number of Topliss-reactive ketones (excluding diaryl/α,β-unsaturated/α-hetero) is 1. The first-order chi connectivity index (χ1) is 57.5. The number of nitrogens with one attached hydrogen (secondary N) is 3. The van der Waals surface area contributed by atoms with E-state index in [2.05, 4.69) is 25.9 Å². The number of nitrogens with zero attached hydrogens (tertiary/aromatic N) is 2. The van der Waals surface area contributed by atoms with Crippen molar-refractivity contribution in [2.75, 3.05) is 49.2 Å². The number of aliphatic imine (C=N–C) groups is 2. The van der Waals surface area contributed by atoms with Crippen LogP contribution in [-0.4, -0.2) is 131 Å². The number of cyclic esters (lactones) is 2. The molecule has 0 radical (unpaired) electrons. The van der Waals surface area contributed by atoms with Gasteiger partial charge >= 0.3 is 59.4 Å². The Hall–Kier alpha value is -12.9. The third-order valence-electron chi connectivity index (χ3n) is 17.1. The largest absolute Gasteiger partial charge is 1.00 e. The third kappa shape index (κ3) is 32.9. The van der Waals surface area contributed by atoms with E-state index in [1.165, 1.54) is 21.3 Å². The first-order valence-electron chi connectivity index (χ1n) is 37.8. The maximum Gasteiger partial charge on any atom is 1.00 e. The van der Waals surface area contributed by atoms with Crippen LogP contribution in [0.3, 0.4) is 0 Å². The average Bonchev–Trinajstić information content (AvgIpc) is 1.75. The van der Waals surface area contributed by atoms with Gasteiger partial charge in [-0.15, -0.1) is 0 Å². The van der Waals surface area contributed by atoms with Gasteiger partial charge in [-0.25, -0.2) is 34.0 Å². The minimum absolute atomic E-state index is 0. The Morgan fingerprint density at radius 3 is 1.05 bits per heavy atom. The molecular weight excluding hydrogens is 1520 g/mol. The SMILES string of the molecule is CC/C(=C(/NC(=O)c1ccccc1)C(=O)OC)c1ccccc1.CC/C(=C(/NC(=O)c1ccccc1)C(=O)OC)c1ccccc1.CC/C(=C1/N=C(c2ccccc2)OC1=O)c1ccccc1.CCC(=O)c1ccccc1.CC[C@H](c1ccccc1)[C@H](NC(=O)c1ccccc1)C(=O)OC.CO.CO.C[O-].O=C1CN=C(c2ccccc2)O1.[Na+]. The van der Waals surface area contributed by atoms with Crippen molar-refractivity contribution in [1.29, 1.82) is 0 Å². The van der Waals surface area contributed by atoms with Crippen LogP contribution in [0.15, 0.2) is 330 Å². The van der Waals surface area contributed by atoms with Crippen LogP contribution >= 0.6 is 0 Å². The van der Waals surface area contributed by atoms with Crippen LogP contribution in [-0.2, 0) is 47.7 Å². The molecule has 10 aromatic rings. The molecule has 10 aromatic carbocycles. The number of benzene rings is 10. The van der Waals surface area contributed by atoms with Crippen molar-refractivity contribution in [3.05, 3.63) is 376 Å². The predicted octanol–water partition coefficient (Wildman–Crippen LogP) is 12.3. The number of carbonyl (C=O) groups excluding carboxylic acids is 9. The van der Waals surface area contributed by atoms with Crippen LogP contribution in [0.2, 0.25) is 0 Å². The molecule has 0 aliphatic carbocycles. The monoisotopic (exact) mass is 1620 g/mol. The van der Waals surface area contributed by atoms with Crippen molar-refractivity contribution in [3.8, 4) is 0 Å². The number of esters is 5.